The van der Waals surface area contributed by atoms with Crippen molar-refractivity contribution in [2.75, 3.05) is 26.4 Å². The van der Waals surface area contributed by atoms with Gasteiger partial charge in [-0.05, 0) is 57.7 Å². The van der Waals surface area contributed by atoms with Gasteiger partial charge in [0, 0.05) is 11.1 Å². The minimum absolute atomic E-state index is 0.291. The molecule has 162 valence electrons. The maximum Gasteiger partial charge on any atom is 0.110 e. The van der Waals surface area contributed by atoms with Crippen molar-refractivity contribution in [3.8, 4) is 47.4 Å². The van der Waals surface area contributed by atoms with E-state index in [2.05, 4.69) is 95.9 Å². The van der Waals surface area contributed by atoms with Crippen LogP contribution in [-0.4, -0.2) is 26.4 Å². The van der Waals surface area contributed by atoms with E-state index in [0.717, 1.165) is 11.1 Å². The third-order valence-corrected chi connectivity index (χ3v) is 4.90. The lowest BCUT2D eigenvalue weighted by molar-refractivity contribution is 0.204. The van der Waals surface area contributed by atoms with Gasteiger partial charge in [-0.2, -0.15) is 0 Å². The van der Waals surface area contributed by atoms with Gasteiger partial charge in [0.15, 0.2) is 0 Å². The zero-order valence-electron chi connectivity index (χ0n) is 18.7. The minimum Gasteiger partial charge on any atom is -0.356 e. The van der Waals surface area contributed by atoms with Gasteiger partial charge in [0.25, 0.3) is 0 Å². The van der Waals surface area contributed by atoms with Gasteiger partial charge in [-0.1, -0.05) is 96.2 Å². The van der Waals surface area contributed by atoms with Gasteiger partial charge in [-0.15, -0.1) is 0 Å². The maximum atomic E-state index is 5.41. The van der Waals surface area contributed by atoms with Crippen molar-refractivity contribution in [2.24, 2.45) is 0 Å². The average molecular weight is 439 g/mol. The molecule has 0 fully saturated rings. The summed E-state index contributed by atoms with van der Waals surface area (Å²) in [5, 5.41) is 4.78. The van der Waals surface area contributed by atoms with Crippen molar-refractivity contribution in [3.63, 3.8) is 0 Å². The van der Waals surface area contributed by atoms with E-state index in [-0.39, 0.29) is 0 Å². The van der Waals surface area contributed by atoms with Gasteiger partial charge in [0.05, 0.1) is 0 Å². The number of rotatable bonds is 4. The first-order chi connectivity index (χ1) is 16.9. The predicted octanol–water partition coefficient (Wildman–Crippen LogP) is 5.44. The Kier molecular flexibility index (Phi) is 8.40. The molecule has 0 saturated carbocycles. The zero-order chi connectivity index (χ0) is 23.3. The van der Waals surface area contributed by atoms with Crippen molar-refractivity contribution in [3.05, 3.63) is 96.1 Å². The Bertz CT molecular complexity index is 1410. The number of ether oxygens (including phenoxy) is 2. The van der Waals surface area contributed by atoms with Crippen LogP contribution < -0.4 is 0 Å². The van der Waals surface area contributed by atoms with Gasteiger partial charge < -0.3 is 9.47 Å². The van der Waals surface area contributed by atoms with E-state index in [1.54, 1.807) is 0 Å². The lowest BCUT2D eigenvalue weighted by atomic mass is 10.1. The fraction of sp³-hybridized carbons (Fsp3) is 0.125. The molecule has 0 aromatic heterocycles. The van der Waals surface area contributed by atoms with Gasteiger partial charge in [0.1, 0.15) is 26.4 Å². The topological polar surface area (TPSA) is 18.5 Å². The number of hydrogen-bond acceptors (Lipinski definition) is 2. The van der Waals surface area contributed by atoms with Crippen molar-refractivity contribution < 1.29 is 9.47 Å². The van der Waals surface area contributed by atoms with Crippen LogP contribution in [0.5, 0.6) is 0 Å². The highest BCUT2D eigenvalue weighted by Crippen LogP contribution is 2.15. The molecule has 0 aliphatic carbocycles. The highest BCUT2D eigenvalue weighted by molar-refractivity contribution is 5.84. The number of benzene rings is 4. The smallest absolute Gasteiger partial charge is 0.110 e. The Morgan fingerprint density at radius 3 is 1.32 bits per heavy atom. The van der Waals surface area contributed by atoms with E-state index < -0.39 is 0 Å². The molecule has 0 radical (unpaired) electrons. The number of fused-ring (bicyclic) bond motifs is 2. The molecule has 2 heteroatoms. The largest absolute Gasteiger partial charge is 0.356 e. The summed E-state index contributed by atoms with van der Waals surface area (Å²) in [5.41, 5.74) is 1.95. The third kappa shape index (κ3) is 7.04. The molecule has 4 rings (SSSR count). The molecule has 34 heavy (non-hydrogen) atoms. The van der Waals surface area contributed by atoms with Crippen LogP contribution in [0, 0.1) is 47.4 Å². The first-order valence-electron chi connectivity index (χ1n) is 10.9. The SMILES string of the molecule is C(C#CCOCC#Cc1ccc2ccccc2c1)#CCOCC#Cc1ccc2ccccc2c1. The molecule has 0 unspecified atom stereocenters. The van der Waals surface area contributed by atoms with Gasteiger partial charge in [-0.3, -0.25) is 0 Å². The molecule has 0 atom stereocenters. The molecular weight excluding hydrogens is 416 g/mol. The first kappa shape index (κ1) is 22.7. The third-order valence-electron chi connectivity index (χ3n) is 4.90. The quantitative estimate of drug-likeness (QED) is 0.312. The average Bonchev–Trinajstić information content (AvgIpc) is 2.88. The molecule has 4 aromatic carbocycles. The standard InChI is InChI=1S/C32H22O2/c1(7-21-33-23-9-11-27-17-19-29-13-3-5-15-31(29)25-27)2-8-22-34-24-10-12-28-18-20-30-14-4-6-16-32(30)26-28/h3-6,13-20,25-26H,21-24H2. The van der Waals surface area contributed by atoms with Crippen LogP contribution in [0.1, 0.15) is 11.1 Å². The van der Waals surface area contributed by atoms with E-state index >= 15 is 0 Å². The van der Waals surface area contributed by atoms with Crippen molar-refractivity contribution >= 4 is 21.5 Å². The van der Waals surface area contributed by atoms with Crippen molar-refractivity contribution in [1.82, 2.24) is 0 Å². The summed E-state index contributed by atoms with van der Waals surface area (Å²) in [5.74, 6) is 23.4. The molecule has 0 aliphatic heterocycles. The normalized spacial score (nSPS) is 9.53. The van der Waals surface area contributed by atoms with Crippen LogP contribution in [0.2, 0.25) is 0 Å². The van der Waals surface area contributed by atoms with Crippen LogP contribution in [0.15, 0.2) is 84.9 Å². The van der Waals surface area contributed by atoms with Gasteiger partial charge in [0.2, 0.25) is 0 Å². The molecule has 2 nitrogen and oxygen atoms in total. The molecule has 0 heterocycles. The molecule has 0 saturated heterocycles. The molecule has 0 amide bonds. The summed E-state index contributed by atoms with van der Waals surface area (Å²) in [4.78, 5) is 0. The molecule has 0 N–H and O–H groups in total. The summed E-state index contributed by atoms with van der Waals surface area (Å²) in [6.45, 7) is 1.24. The second-order valence-electron chi connectivity index (χ2n) is 7.32. The number of hydrogen-bond donors (Lipinski definition) is 0. The Hall–Kier alpha value is -4.44. The van der Waals surface area contributed by atoms with Crippen LogP contribution in [0.3, 0.4) is 0 Å². The van der Waals surface area contributed by atoms with E-state index in [9.17, 15) is 0 Å². The molecule has 4 aromatic rings. The van der Waals surface area contributed by atoms with Crippen LogP contribution in [-0.2, 0) is 9.47 Å². The monoisotopic (exact) mass is 438 g/mol. The summed E-state index contributed by atoms with van der Waals surface area (Å²) in [7, 11) is 0. The lowest BCUT2D eigenvalue weighted by Gasteiger charge is -1.97. The van der Waals surface area contributed by atoms with Crippen LogP contribution >= 0.6 is 0 Å². The zero-order valence-corrected chi connectivity index (χ0v) is 18.7. The van der Waals surface area contributed by atoms with Gasteiger partial charge in [-0.25, -0.2) is 0 Å². The second kappa shape index (κ2) is 12.6. The summed E-state index contributed by atoms with van der Waals surface area (Å²) < 4.78 is 10.8. The first-order valence-corrected chi connectivity index (χ1v) is 10.9. The van der Waals surface area contributed by atoms with E-state index in [4.69, 9.17) is 9.47 Å². The second-order valence-corrected chi connectivity index (χ2v) is 7.32. The Morgan fingerprint density at radius 1 is 0.441 bits per heavy atom. The Balaban J connectivity index is 1.11. The lowest BCUT2D eigenvalue weighted by Crippen LogP contribution is -1.92. The summed E-state index contributed by atoms with van der Waals surface area (Å²) in [6, 6.07) is 28.8. The molecule has 0 spiro atoms. The summed E-state index contributed by atoms with van der Waals surface area (Å²) in [6.07, 6.45) is 0. The molecular formula is C32H22O2. The highest BCUT2D eigenvalue weighted by Gasteiger charge is 1.93. The van der Waals surface area contributed by atoms with E-state index in [0.29, 0.717) is 26.4 Å². The van der Waals surface area contributed by atoms with E-state index in [1.165, 1.54) is 21.5 Å². The minimum atomic E-state index is 0.291. The molecule has 0 bridgehead atoms. The van der Waals surface area contributed by atoms with E-state index in [1.807, 2.05) is 36.4 Å². The summed E-state index contributed by atoms with van der Waals surface area (Å²) >= 11 is 0. The van der Waals surface area contributed by atoms with Crippen molar-refractivity contribution in [1.29, 1.82) is 0 Å². The van der Waals surface area contributed by atoms with Gasteiger partial charge >= 0.3 is 0 Å². The maximum absolute atomic E-state index is 5.41. The van der Waals surface area contributed by atoms with Crippen LogP contribution in [0.25, 0.3) is 21.5 Å². The fourth-order valence-corrected chi connectivity index (χ4v) is 3.28. The van der Waals surface area contributed by atoms with Crippen LogP contribution in [0.4, 0.5) is 0 Å². The predicted molar refractivity (Wildman–Crippen MR) is 139 cm³/mol. The highest BCUT2D eigenvalue weighted by atomic mass is 16.5. The van der Waals surface area contributed by atoms with Crippen molar-refractivity contribution in [2.45, 2.75) is 0 Å². The Labute approximate surface area is 200 Å². The molecule has 0 aliphatic rings. The fourth-order valence-electron chi connectivity index (χ4n) is 3.28. The Morgan fingerprint density at radius 2 is 0.853 bits per heavy atom.